The summed E-state index contributed by atoms with van der Waals surface area (Å²) in [4.78, 5) is 16.9. The molecule has 7 nitrogen and oxygen atoms in total. The molecule has 0 saturated heterocycles. The zero-order valence-corrected chi connectivity index (χ0v) is 20.2. The Morgan fingerprint density at radius 1 is 1.17 bits per heavy atom. The Balaban J connectivity index is 0.00000108. The summed E-state index contributed by atoms with van der Waals surface area (Å²) in [5.41, 5.74) is 6.47. The topological polar surface area (TPSA) is 99.6 Å². The van der Waals surface area contributed by atoms with Gasteiger partial charge in [-0.2, -0.15) is 0 Å². The van der Waals surface area contributed by atoms with Crippen LogP contribution in [0.25, 0.3) is 11.5 Å². The Kier molecular flexibility index (Phi) is 9.19. The van der Waals surface area contributed by atoms with E-state index in [2.05, 4.69) is 24.1 Å². The molecule has 1 aliphatic rings. The summed E-state index contributed by atoms with van der Waals surface area (Å²) in [6.07, 6.45) is 3.56. The number of amides is 1. The Bertz CT molecular complexity index is 1150. The monoisotopic (exact) mass is 487 g/mol. The van der Waals surface area contributed by atoms with Crippen LogP contribution in [0.4, 0.5) is 8.78 Å². The summed E-state index contributed by atoms with van der Waals surface area (Å²) in [5.74, 6) is 0.0710. The molecule has 35 heavy (non-hydrogen) atoms. The smallest absolute Gasteiger partial charge is 0.273 e. The molecular formula is C26H31F2N3O4. The summed E-state index contributed by atoms with van der Waals surface area (Å²) in [6.45, 7) is 4.66. The lowest BCUT2D eigenvalue weighted by molar-refractivity contribution is 0.0944. The van der Waals surface area contributed by atoms with Crippen LogP contribution < -0.4 is 20.5 Å². The highest BCUT2D eigenvalue weighted by molar-refractivity contribution is 5.93. The van der Waals surface area contributed by atoms with Crippen molar-refractivity contribution in [3.05, 3.63) is 65.1 Å². The highest BCUT2D eigenvalue weighted by Gasteiger charge is 2.24. The van der Waals surface area contributed by atoms with E-state index in [4.69, 9.17) is 19.6 Å². The van der Waals surface area contributed by atoms with Crippen LogP contribution in [0.1, 0.15) is 54.9 Å². The van der Waals surface area contributed by atoms with Crippen LogP contribution >= 0.6 is 0 Å². The average Bonchev–Trinajstić information content (AvgIpc) is 3.58. The Hall–Kier alpha value is -3.46. The number of halogens is 2. The molecular weight excluding hydrogens is 456 g/mol. The third kappa shape index (κ3) is 7.02. The number of nitrogens with one attached hydrogen (secondary N) is 1. The van der Waals surface area contributed by atoms with Crippen LogP contribution in [0.5, 0.6) is 11.5 Å². The summed E-state index contributed by atoms with van der Waals surface area (Å²) in [7, 11) is 1.56. The van der Waals surface area contributed by atoms with E-state index in [9.17, 15) is 13.6 Å². The van der Waals surface area contributed by atoms with E-state index >= 15 is 0 Å². The van der Waals surface area contributed by atoms with Crippen molar-refractivity contribution in [1.29, 1.82) is 0 Å². The SMILES string of the molecule is CCC.COc1ccc(-c2nc(C(=O)NCc3ccc(F)cc3F)c(CN)o2)cc1OCC1CC1. The van der Waals surface area contributed by atoms with Gasteiger partial charge in [0, 0.05) is 23.7 Å². The van der Waals surface area contributed by atoms with E-state index in [-0.39, 0.29) is 36.0 Å². The van der Waals surface area contributed by atoms with Gasteiger partial charge >= 0.3 is 0 Å². The molecule has 3 aromatic rings. The fourth-order valence-electron chi connectivity index (χ4n) is 3.13. The zero-order valence-electron chi connectivity index (χ0n) is 20.2. The fraction of sp³-hybridized carbons (Fsp3) is 0.385. The Morgan fingerprint density at radius 3 is 2.54 bits per heavy atom. The number of hydrogen-bond donors (Lipinski definition) is 2. The fourth-order valence-corrected chi connectivity index (χ4v) is 3.13. The predicted octanol–water partition coefficient (Wildman–Crippen LogP) is 5.22. The number of oxazole rings is 1. The van der Waals surface area contributed by atoms with Gasteiger partial charge in [-0.15, -0.1) is 0 Å². The van der Waals surface area contributed by atoms with Gasteiger partial charge < -0.3 is 24.9 Å². The van der Waals surface area contributed by atoms with Crippen molar-refractivity contribution >= 4 is 5.91 Å². The third-order valence-electron chi connectivity index (χ3n) is 5.13. The minimum Gasteiger partial charge on any atom is -0.493 e. The van der Waals surface area contributed by atoms with Gasteiger partial charge in [-0.1, -0.05) is 26.3 Å². The molecule has 0 aliphatic heterocycles. The molecule has 4 rings (SSSR count). The second kappa shape index (κ2) is 12.3. The van der Waals surface area contributed by atoms with Crippen LogP contribution in [0, 0.1) is 17.6 Å². The van der Waals surface area contributed by atoms with Gasteiger partial charge in [0.15, 0.2) is 23.0 Å². The van der Waals surface area contributed by atoms with Crippen LogP contribution in [-0.4, -0.2) is 24.6 Å². The highest BCUT2D eigenvalue weighted by Crippen LogP contribution is 2.35. The minimum absolute atomic E-state index is 0.00119. The van der Waals surface area contributed by atoms with Crippen molar-refractivity contribution in [3.63, 3.8) is 0 Å². The second-order valence-electron chi connectivity index (χ2n) is 8.24. The number of methoxy groups -OCH3 is 1. The molecule has 1 aliphatic carbocycles. The van der Waals surface area contributed by atoms with Gasteiger partial charge in [-0.3, -0.25) is 4.79 Å². The Labute approximate surface area is 203 Å². The van der Waals surface area contributed by atoms with Gasteiger partial charge in [0.2, 0.25) is 5.89 Å². The number of nitrogens with two attached hydrogens (primary N) is 1. The molecule has 1 heterocycles. The van der Waals surface area contributed by atoms with E-state index in [1.807, 2.05) is 0 Å². The number of nitrogens with zero attached hydrogens (tertiary/aromatic N) is 1. The lowest BCUT2D eigenvalue weighted by Gasteiger charge is -2.11. The van der Waals surface area contributed by atoms with Crippen molar-refractivity contribution in [2.75, 3.05) is 13.7 Å². The van der Waals surface area contributed by atoms with E-state index in [1.54, 1.807) is 25.3 Å². The van der Waals surface area contributed by atoms with Gasteiger partial charge in [-0.25, -0.2) is 13.8 Å². The number of ether oxygens (including phenoxy) is 2. The molecule has 0 radical (unpaired) electrons. The molecule has 9 heteroatoms. The lowest BCUT2D eigenvalue weighted by atomic mass is 10.2. The highest BCUT2D eigenvalue weighted by atomic mass is 19.1. The molecule has 0 spiro atoms. The molecule has 0 atom stereocenters. The van der Waals surface area contributed by atoms with Crippen molar-refractivity contribution in [1.82, 2.24) is 10.3 Å². The summed E-state index contributed by atoms with van der Waals surface area (Å²) in [5, 5.41) is 2.56. The predicted molar refractivity (Wildman–Crippen MR) is 128 cm³/mol. The van der Waals surface area contributed by atoms with Gasteiger partial charge in [0.25, 0.3) is 5.91 Å². The summed E-state index contributed by atoms with van der Waals surface area (Å²) in [6, 6.07) is 8.36. The molecule has 2 aromatic carbocycles. The first-order valence-corrected chi connectivity index (χ1v) is 11.6. The summed E-state index contributed by atoms with van der Waals surface area (Å²) >= 11 is 0. The standard InChI is InChI=1S/C23H23F2N3O4.C3H8/c1-30-18-7-5-14(8-19(18)31-12-13-2-3-13)23-28-21(20(10-26)32-23)22(29)27-11-15-4-6-16(24)9-17(15)25;1-3-2/h4-9,13H,2-3,10-12,26H2,1H3,(H,27,29);3H2,1-2H3. The van der Waals surface area contributed by atoms with E-state index in [0.29, 0.717) is 29.6 Å². The maximum Gasteiger partial charge on any atom is 0.273 e. The maximum atomic E-state index is 13.8. The quantitative estimate of drug-likeness (QED) is 0.429. The number of carbonyl (C=O) groups is 1. The van der Waals surface area contributed by atoms with E-state index in [1.165, 1.54) is 12.5 Å². The van der Waals surface area contributed by atoms with Crippen molar-refractivity contribution in [2.45, 2.75) is 46.2 Å². The number of aromatic nitrogens is 1. The normalized spacial score (nSPS) is 12.5. The van der Waals surface area contributed by atoms with Crippen molar-refractivity contribution in [2.24, 2.45) is 11.7 Å². The van der Waals surface area contributed by atoms with Crippen LogP contribution in [0.3, 0.4) is 0 Å². The average molecular weight is 488 g/mol. The van der Waals surface area contributed by atoms with Gasteiger partial charge in [0.05, 0.1) is 20.3 Å². The van der Waals surface area contributed by atoms with Crippen molar-refractivity contribution < 1.29 is 27.5 Å². The first-order valence-electron chi connectivity index (χ1n) is 11.6. The third-order valence-corrected chi connectivity index (χ3v) is 5.13. The molecule has 3 N–H and O–H groups in total. The van der Waals surface area contributed by atoms with Crippen LogP contribution in [-0.2, 0) is 13.1 Å². The molecule has 1 aromatic heterocycles. The van der Waals surface area contributed by atoms with Gasteiger partial charge in [0.1, 0.15) is 11.6 Å². The largest absolute Gasteiger partial charge is 0.493 e. The first kappa shape index (κ1) is 26.2. The van der Waals surface area contributed by atoms with E-state index in [0.717, 1.165) is 25.0 Å². The number of carbonyl (C=O) groups excluding carboxylic acids is 1. The van der Waals surface area contributed by atoms with E-state index < -0.39 is 17.5 Å². The Morgan fingerprint density at radius 2 is 1.91 bits per heavy atom. The number of hydrogen-bond acceptors (Lipinski definition) is 6. The molecule has 1 amide bonds. The second-order valence-corrected chi connectivity index (χ2v) is 8.24. The van der Waals surface area contributed by atoms with Crippen LogP contribution in [0.15, 0.2) is 40.8 Å². The molecule has 1 fully saturated rings. The molecule has 1 saturated carbocycles. The van der Waals surface area contributed by atoms with Gasteiger partial charge in [-0.05, 0) is 43.0 Å². The zero-order chi connectivity index (χ0) is 25.4. The molecule has 0 bridgehead atoms. The maximum absolute atomic E-state index is 13.8. The van der Waals surface area contributed by atoms with Crippen LogP contribution in [0.2, 0.25) is 0 Å². The molecule has 188 valence electrons. The number of rotatable bonds is 9. The number of benzene rings is 2. The lowest BCUT2D eigenvalue weighted by Crippen LogP contribution is -2.25. The molecule has 0 unspecified atom stereocenters. The summed E-state index contributed by atoms with van der Waals surface area (Å²) < 4.78 is 43.8. The van der Waals surface area contributed by atoms with Crippen molar-refractivity contribution in [3.8, 4) is 23.0 Å². The minimum atomic E-state index is -0.748. The first-order chi connectivity index (χ1) is 16.9.